The van der Waals surface area contributed by atoms with Gasteiger partial charge < -0.3 is 20.3 Å². The summed E-state index contributed by atoms with van der Waals surface area (Å²) in [7, 11) is 1.39. The molecule has 6 nitrogen and oxygen atoms in total. The van der Waals surface area contributed by atoms with Crippen molar-refractivity contribution in [2.45, 2.75) is 12.8 Å². The first-order valence-corrected chi connectivity index (χ1v) is 8.81. The number of primary amides is 1. The van der Waals surface area contributed by atoms with Gasteiger partial charge in [0, 0.05) is 24.0 Å². The van der Waals surface area contributed by atoms with Gasteiger partial charge >= 0.3 is 0 Å². The molecular weight excluding hydrogens is 363 g/mol. The van der Waals surface area contributed by atoms with E-state index >= 15 is 0 Å². The van der Waals surface area contributed by atoms with Crippen molar-refractivity contribution in [1.82, 2.24) is 4.98 Å². The Labute approximate surface area is 161 Å². The molecule has 0 bridgehead atoms. The van der Waals surface area contributed by atoms with Crippen molar-refractivity contribution in [1.29, 1.82) is 0 Å². The molecule has 3 rings (SSSR count). The zero-order chi connectivity index (χ0) is 20.1. The first-order valence-electron chi connectivity index (χ1n) is 8.81. The van der Waals surface area contributed by atoms with Crippen molar-refractivity contribution in [2.24, 2.45) is 5.73 Å². The number of aromatic nitrogens is 1. The molecule has 0 radical (unpaired) electrons. The third-order valence-corrected chi connectivity index (χ3v) is 4.23. The summed E-state index contributed by atoms with van der Waals surface area (Å²) in [4.78, 5) is 16.2. The predicted octanol–water partition coefficient (Wildman–Crippen LogP) is 2.84. The summed E-state index contributed by atoms with van der Waals surface area (Å²) in [6, 6.07) is 11.7. The van der Waals surface area contributed by atoms with Gasteiger partial charge in [-0.2, -0.15) is 0 Å². The lowest BCUT2D eigenvalue weighted by atomic mass is 10.0. The van der Waals surface area contributed by atoms with E-state index in [0.29, 0.717) is 41.1 Å². The molecule has 28 heavy (non-hydrogen) atoms. The number of benzene rings is 2. The van der Waals surface area contributed by atoms with Gasteiger partial charge in [-0.25, -0.2) is 9.37 Å². The molecule has 0 unspecified atom stereocenters. The Morgan fingerprint density at radius 1 is 1.21 bits per heavy atom. The number of carbonyl (C=O) groups excluding carboxylic acids is 1. The van der Waals surface area contributed by atoms with Crippen molar-refractivity contribution in [2.75, 3.05) is 20.3 Å². The summed E-state index contributed by atoms with van der Waals surface area (Å²) in [5.74, 6) is -0.235. The summed E-state index contributed by atoms with van der Waals surface area (Å²) < 4.78 is 24.4. The Morgan fingerprint density at radius 3 is 2.75 bits per heavy atom. The van der Waals surface area contributed by atoms with Crippen molar-refractivity contribution in [3.63, 3.8) is 0 Å². The highest BCUT2D eigenvalue weighted by Gasteiger charge is 2.14. The van der Waals surface area contributed by atoms with E-state index in [0.717, 1.165) is 5.39 Å². The predicted molar refractivity (Wildman–Crippen MR) is 104 cm³/mol. The number of amides is 1. The largest absolute Gasteiger partial charge is 0.494 e. The molecule has 3 aromatic rings. The number of nitrogens with zero attached hydrogens (tertiary/aromatic N) is 1. The van der Waals surface area contributed by atoms with Crippen LogP contribution in [0.25, 0.3) is 22.2 Å². The second-order valence-corrected chi connectivity index (χ2v) is 6.27. The minimum absolute atomic E-state index is 0.00639. The maximum absolute atomic E-state index is 13.8. The molecule has 0 aliphatic heterocycles. The molecular formula is C21H21FN2O4. The Hall–Kier alpha value is -3.19. The van der Waals surface area contributed by atoms with Gasteiger partial charge in [-0.1, -0.05) is 0 Å². The zero-order valence-electron chi connectivity index (χ0n) is 15.4. The minimum Gasteiger partial charge on any atom is -0.494 e. The lowest BCUT2D eigenvalue weighted by Crippen LogP contribution is -2.14. The topological polar surface area (TPSA) is 94.7 Å². The van der Waals surface area contributed by atoms with Crippen LogP contribution >= 0.6 is 0 Å². The summed E-state index contributed by atoms with van der Waals surface area (Å²) >= 11 is 0. The van der Waals surface area contributed by atoms with Gasteiger partial charge in [0.25, 0.3) is 0 Å². The maximum atomic E-state index is 13.8. The molecule has 0 atom stereocenters. The van der Waals surface area contributed by atoms with E-state index in [4.69, 9.17) is 20.3 Å². The van der Waals surface area contributed by atoms with Crippen LogP contribution in [0.5, 0.6) is 11.5 Å². The van der Waals surface area contributed by atoms with Crippen LogP contribution in [-0.4, -0.2) is 36.3 Å². The molecule has 2 aromatic carbocycles. The number of methoxy groups -OCH3 is 1. The van der Waals surface area contributed by atoms with Gasteiger partial charge in [-0.05, 0) is 48.0 Å². The van der Waals surface area contributed by atoms with Crippen LogP contribution < -0.4 is 15.2 Å². The number of rotatable bonds is 8. The van der Waals surface area contributed by atoms with Crippen molar-refractivity contribution < 1.29 is 23.8 Å². The van der Waals surface area contributed by atoms with Gasteiger partial charge in [0.1, 0.15) is 5.75 Å². The molecule has 146 valence electrons. The Balaban J connectivity index is 2.08. The number of hydrogen-bond acceptors (Lipinski definition) is 5. The van der Waals surface area contributed by atoms with Gasteiger partial charge in [-0.3, -0.25) is 4.79 Å². The molecule has 1 amide bonds. The average Bonchev–Trinajstić information content (AvgIpc) is 2.67. The number of aliphatic hydroxyl groups excluding tert-OH is 1. The van der Waals surface area contributed by atoms with Gasteiger partial charge in [0.05, 0.1) is 31.3 Å². The highest BCUT2D eigenvalue weighted by atomic mass is 19.1. The smallest absolute Gasteiger partial charge is 0.221 e. The minimum atomic E-state index is -0.494. The van der Waals surface area contributed by atoms with Crippen LogP contribution in [0.2, 0.25) is 0 Å². The molecule has 0 aliphatic carbocycles. The zero-order valence-corrected chi connectivity index (χ0v) is 15.4. The number of fused-ring (bicyclic) bond motifs is 1. The molecule has 0 fully saturated rings. The third kappa shape index (κ3) is 4.37. The standard InChI is InChI=1S/C21H21FN2O4/c1-27-19-11-13(3-5-17(19)22)21-15(12-20(23)26)9-14-10-16(28-8-2-7-25)4-6-18(14)24-21/h3-6,9-11,25H,2,7-8,12H2,1H3,(H2,23,26). The van der Waals surface area contributed by atoms with E-state index in [9.17, 15) is 9.18 Å². The van der Waals surface area contributed by atoms with E-state index in [-0.39, 0.29) is 18.8 Å². The quantitative estimate of drug-likeness (QED) is 0.583. The van der Waals surface area contributed by atoms with Crippen molar-refractivity contribution >= 4 is 16.8 Å². The fourth-order valence-corrected chi connectivity index (χ4v) is 2.92. The van der Waals surface area contributed by atoms with Crippen LogP contribution in [0, 0.1) is 5.82 Å². The molecule has 1 heterocycles. The van der Waals surface area contributed by atoms with E-state index < -0.39 is 11.7 Å². The van der Waals surface area contributed by atoms with Gasteiger partial charge in [0.15, 0.2) is 11.6 Å². The monoisotopic (exact) mass is 384 g/mol. The lowest BCUT2D eigenvalue weighted by molar-refractivity contribution is -0.117. The highest BCUT2D eigenvalue weighted by molar-refractivity contribution is 5.87. The Kier molecular flexibility index (Phi) is 6.06. The van der Waals surface area contributed by atoms with Crippen LogP contribution in [-0.2, 0) is 11.2 Å². The van der Waals surface area contributed by atoms with E-state index in [1.165, 1.54) is 13.2 Å². The number of carbonyl (C=O) groups is 1. The van der Waals surface area contributed by atoms with Crippen molar-refractivity contribution in [3.05, 3.63) is 53.8 Å². The maximum Gasteiger partial charge on any atom is 0.221 e. The first kappa shape index (κ1) is 19.6. The molecule has 3 N–H and O–H groups in total. The number of ether oxygens (including phenoxy) is 2. The average molecular weight is 384 g/mol. The Bertz CT molecular complexity index is 1010. The fourth-order valence-electron chi connectivity index (χ4n) is 2.92. The summed E-state index contributed by atoms with van der Waals surface area (Å²) in [6.45, 7) is 0.458. The molecule has 0 saturated heterocycles. The van der Waals surface area contributed by atoms with Gasteiger partial charge in [-0.15, -0.1) is 0 Å². The van der Waals surface area contributed by atoms with Crippen LogP contribution in [0.1, 0.15) is 12.0 Å². The number of hydrogen-bond donors (Lipinski definition) is 2. The number of pyridine rings is 1. The number of halogens is 1. The van der Waals surface area contributed by atoms with E-state index in [1.54, 1.807) is 18.2 Å². The second kappa shape index (κ2) is 8.67. The van der Waals surface area contributed by atoms with E-state index in [1.807, 2.05) is 18.2 Å². The lowest BCUT2D eigenvalue weighted by Gasteiger charge is -2.12. The molecule has 7 heteroatoms. The molecule has 0 aliphatic rings. The summed E-state index contributed by atoms with van der Waals surface area (Å²) in [5.41, 5.74) is 7.89. The molecule has 1 aromatic heterocycles. The third-order valence-electron chi connectivity index (χ3n) is 4.23. The molecule has 0 spiro atoms. The normalized spacial score (nSPS) is 10.8. The van der Waals surface area contributed by atoms with Gasteiger partial charge in [0.2, 0.25) is 5.91 Å². The second-order valence-electron chi connectivity index (χ2n) is 6.27. The highest BCUT2D eigenvalue weighted by Crippen LogP contribution is 2.31. The molecule has 0 saturated carbocycles. The summed E-state index contributed by atoms with van der Waals surface area (Å²) in [5, 5.41) is 9.65. The van der Waals surface area contributed by atoms with Crippen LogP contribution in [0.4, 0.5) is 4.39 Å². The van der Waals surface area contributed by atoms with Crippen LogP contribution in [0.15, 0.2) is 42.5 Å². The van der Waals surface area contributed by atoms with Crippen molar-refractivity contribution in [3.8, 4) is 22.8 Å². The van der Waals surface area contributed by atoms with E-state index in [2.05, 4.69) is 4.98 Å². The number of nitrogens with two attached hydrogens (primary N) is 1. The first-order chi connectivity index (χ1) is 13.5. The Morgan fingerprint density at radius 2 is 2.04 bits per heavy atom. The number of aliphatic hydroxyl groups is 1. The fraction of sp³-hybridized carbons (Fsp3) is 0.238. The SMILES string of the molecule is COc1cc(-c2nc3ccc(OCCCO)cc3cc2CC(N)=O)ccc1F. The summed E-state index contributed by atoms with van der Waals surface area (Å²) in [6.07, 6.45) is 0.530. The van der Waals surface area contributed by atoms with Crippen LogP contribution in [0.3, 0.4) is 0 Å².